The topological polar surface area (TPSA) is 123 Å². The van der Waals surface area contributed by atoms with Crippen LogP contribution >= 0.6 is 12.2 Å². The van der Waals surface area contributed by atoms with E-state index in [1.54, 1.807) is 12.3 Å². The molecule has 9 nitrogen and oxygen atoms in total. The second-order valence-corrected chi connectivity index (χ2v) is 7.29. The van der Waals surface area contributed by atoms with E-state index in [1.807, 2.05) is 30.3 Å². The number of benzene rings is 2. The van der Waals surface area contributed by atoms with Crippen LogP contribution in [0, 0.1) is 17.0 Å². The first kappa shape index (κ1) is 21.1. The molecule has 2 aromatic carbocycles. The lowest BCUT2D eigenvalue weighted by atomic mass is 10.1. The summed E-state index contributed by atoms with van der Waals surface area (Å²) in [6.45, 7) is 1.90. The van der Waals surface area contributed by atoms with Crippen molar-refractivity contribution in [3.05, 3.63) is 87.6 Å². The number of nitro benzene ring substituents is 1. The molecule has 0 saturated heterocycles. The molecule has 0 spiro atoms. The maximum Gasteiger partial charge on any atom is 0.273 e. The van der Waals surface area contributed by atoms with Crippen molar-refractivity contribution in [1.29, 1.82) is 0 Å². The summed E-state index contributed by atoms with van der Waals surface area (Å²) in [7, 11) is 0. The summed E-state index contributed by atoms with van der Waals surface area (Å²) < 4.78 is 5.71. The van der Waals surface area contributed by atoms with Crippen LogP contribution in [0.3, 0.4) is 0 Å². The molecule has 0 bridgehead atoms. The van der Waals surface area contributed by atoms with E-state index >= 15 is 0 Å². The SMILES string of the molecule is Cc1c(C(=O)NC(=S)NCc2ccc(-c3nc4ncccc4o3)cc2)cccc1[N+](=O)[O-]. The number of thiocarbonyl (C=S) groups is 1. The smallest absolute Gasteiger partial charge is 0.273 e. The van der Waals surface area contributed by atoms with Gasteiger partial charge in [0.1, 0.15) is 0 Å². The highest BCUT2D eigenvalue weighted by Crippen LogP contribution is 2.23. The Morgan fingerprint density at radius 1 is 1.16 bits per heavy atom. The minimum atomic E-state index is -0.524. The highest BCUT2D eigenvalue weighted by Gasteiger charge is 2.18. The molecule has 0 aliphatic heterocycles. The number of aromatic nitrogens is 2. The van der Waals surface area contributed by atoms with Gasteiger partial charge in [0.2, 0.25) is 5.89 Å². The third kappa shape index (κ3) is 4.44. The maximum atomic E-state index is 12.5. The number of rotatable bonds is 5. The van der Waals surface area contributed by atoms with Gasteiger partial charge >= 0.3 is 0 Å². The standard InChI is InChI=1S/C22H17N5O4S/c1-13-16(4-2-5-17(13)27(29)30)20(28)26-22(32)24-12-14-7-9-15(10-8-14)21-25-19-18(31-21)6-3-11-23-19/h2-11H,12H2,1H3,(H2,24,26,28,32). The van der Waals surface area contributed by atoms with E-state index in [0.717, 1.165) is 11.1 Å². The third-order valence-corrected chi connectivity index (χ3v) is 5.04. The van der Waals surface area contributed by atoms with Gasteiger partial charge in [0.25, 0.3) is 11.6 Å². The zero-order chi connectivity index (χ0) is 22.7. The summed E-state index contributed by atoms with van der Waals surface area (Å²) in [6.07, 6.45) is 1.66. The predicted octanol–water partition coefficient (Wildman–Crippen LogP) is 3.91. The van der Waals surface area contributed by atoms with Crippen LogP contribution in [0.5, 0.6) is 0 Å². The number of nitro groups is 1. The van der Waals surface area contributed by atoms with Crippen LogP contribution in [0.4, 0.5) is 5.69 Å². The van der Waals surface area contributed by atoms with Crippen molar-refractivity contribution in [2.45, 2.75) is 13.5 Å². The molecular weight excluding hydrogens is 430 g/mol. The quantitative estimate of drug-likeness (QED) is 0.268. The van der Waals surface area contributed by atoms with Crippen molar-refractivity contribution in [3.63, 3.8) is 0 Å². The Morgan fingerprint density at radius 3 is 2.66 bits per heavy atom. The van der Waals surface area contributed by atoms with Gasteiger partial charge in [-0.3, -0.25) is 20.2 Å². The lowest BCUT2D eigenvalue weighted by molar-refractivity contribution is -0.385. The Labute approximate surface area is 187 Å². The number of fused-ring (bicyclic) bond motifs is 1. The van der Waals surface area contributed by atoms with Gasteiger partial charge < -0.3 is 9.73 Å². The van der Waals surface area contributed by atoms with Crippen LogP contribution in [0.1, 0.15) is 21.5 Å². The van der Waals surface area contributed by atoms with Gasteiger partial charge in [-0.15, -0.1) is 0 Å². The number of pyridine rings is 1. The highest BCUT2D eigenvalue weighted by atomic mass is 32.1. The van der Waals surface area contributed by atoms with Gasteiger partial charge in [0.05, 0.1) is 4.92 Å². The van der Waals surface area contributed by atoms with E-state index in [9.17, 15) is 14.9 Å². The van der Waals surface area contributed by atoms with Crippen molar-refractivity contribution >= 4 is 40.2 Å². The summed E-state index contributed by atoms with van der Waals surface area (Å²) in [4.78, 5) is 31.5. The Kier molecular flexibility index (Phi) is 5.86. The molecule has 2 aromatic heterocycles. The first-order valence-electron chi connectivity index (χ1n) is 9.56. The second kappa shape index (κ2) is 8.90. The third-order valence-electron chi connectivity index (χ3n) is 4.79. The minimum Gasteiger partial charge on any atom is -0.434 e. The predicted molar refractivity (Wildman–Crippen MR) is 122 cm³/mol. The van der Waals surface area contributed by atoms with Crippen LogP contribution < -0.4 is 10.6 Å². The molecule has 0 fully saturated rings. The molecule has 0 aliphatic carbocycles. The Hall–Kier alpha value is -4.18. The Bertz CT molecular complexity index is 1300. The largest absolute Gasteiger partial charge is 0.434 e. The molecule has 2 N–H and O–H groups in total. The molecule has 10 heteroatoms. The number of hydrogen-bond donors (Lipinski definition) is 2. The lowest BCUT2D eigenvalue weighted by Gasteiger charge is -2.11. The van der Waals surface area contributed by atoms with Gasteiger partial charge in [-0.1, -0.05) is 18.2 Å². The Morgan fingerprint density at radius 2 is 1.94 bits per heavy atom. The van der Waals surface area contributed by atoms with E-state index < -0.39 is 10.8 Å². The van der Waals surface area contributed by atoms with Gasteiger partial charge in [-0.2, -0.15) is 4.98 Å². The number of carbonyl (C=O) groups excluding carboxylic acids is 1. The molecule has 0 aliphatic rings. The Balaban J connectivity index is 1.36. The average molecular weight is 447 g/mol. The fourth-order valence-electron chi connectivity index (χ4n) is 3.12. The van der Waals surface area contributed by atoms with Crippen molar-refractivity contribution in [2.24, 2.45) is 0 Å². The summed E-state index contributed by atoms with van der Waals surface area (Å²) >= 11 is 5.19. The van der Waals surface area contributed by atoms with E-state index in [0.29, 0.717) is 23.7 Å². The average Bonchev–Trinajstić information content (AvgIpc) is 3.22. The van der Waals surface area contributed by atoms with Crippen molar-refractivity contribution in [2.75, 3.05) is 0 Å². The summed E-state index contributed by atoms with van der Waals surface area (Å²) in [5.41, 5.74) is 3.26. The molecular formula is C22H17N5O4S. The van der Waals surface area contributed by atoms with Gasteiger partial charge in [0, 0.05) is 35.5 Å². The van der Waals surface area contributed by atoms with Crippen LogP contribution in [-0.4, -0.2) is 25.9 Å². The zero-order valence-electron chi connectivity index (χ0n) is 16.9. The first-order valence-corrected chi connectivity index (χ1v) is 9.97. The normalized spacial score (nSPS) is 10.7. The minimum absolute atomic E-state index is 0.119. The number of nitrogens with one attached hydrogen (secondary N) is 2. The number of amides is 1. The number of hydrogen-bond acceptors (Lipinski definition) is 7. The van der Waals surface area contributed by atoms with Crippen LogP contribution in [0.15, 0.2) is 65.2 Å². The van der Waals surface area contributed by atoms with Crippen molar-refractivity contribution in [1.82, 2.24) is 20.6 Å². The van der Waals surface area contributed by atoms with Crippen molar-refractivity contribution in [3.8, 4) is 11.5 Å². The molecule has 1 amide bonds. The summed E-state index contributed by atoms with van der Waals surface area (Å²) in [5, 5.41) is 16.7. The van der Waals surface area contributed by atoms with Crippen LogP contribution in [0.2, 0.25) is 0 Å². The second-order valence-electron chi connectivity index (χ2n) is 6.88. The summed E-state index contributed by atoms with van der Waals surface area (Å²) in [6, 6.07) is 15.4. The fourth-order valence-corrected chi connectivity index (χ4v) is 3.29. The molecule has 4 rings (SSSR count). The maximum absolute atomic E-state index is 12.5. The lowest BCUT2D eigenvalue weighted by Crippen LogP contribution is -2.39. The molecule has 2 heterocycles. The molecule has 0 radical (unpaired) electrons. The molecule has 0 saturated carbocycles. The van der Waals surface area contributed by atoms with E-state index in [4.69, 9.17) is 16.6 Å². The summed E-state index contributed by atoms with van der Waals surface area (Å²) in [5.74, 6) is -0.0306. The molecule has 0 unspecified atom stereocenters. The van der Waals surface area contributed by atoms with Gasteiger partial charge in [-0.25, -0.2) is 4.98 Å². The molecule has 4 aromatic rings. The first-order chi connectivity index (χ1) is 15.4. The van der Waals surface area contributed by atoms with Gasteiger partial charge in [-0.05, 0) is 55.0 Å². The highest BCUT2D eigenvalue weighted by molar-refractivity contribution is 7.80. The van der Waals surface area contributed by atoms with E-state index in [-0.39, 0.29) is 21.9 Å². The zero-order valence-corrected chi connectivity index (χ0v) is 17.7. The number of nitrogens with zero attached hydrogens (tertiary/aromatic N) is 3. The molecule has 0 atom stereocenters. The number of oxazole rings is 1. The fraction of sp³-hybridized carbons (Fsp3) is 0.0909. The molecule has 160 valence electrons. The van der Waals surface area contributed by atoms with E-state index in [1.165, 1.54) is 25.1 Å². The number of carbonyl (C=O) groups is 1. The van der Waals surface area contributed by atoms with E-state index in [2.05, 4.69) is 20.6 Å². The van der Waals surface area contributed by atoms with Gasteiger partial charge in [0.15, 0.2) is 16.3 Å². The van der Waals surface area contributed by atoms with Crippen LogP contribution in [-0.2, 0) is 6.54 Å². The monoisotopic (exact) mass is 447 g/mol. The van der Waals surface area contributed by atoms with Crippen LogP contribution in [0.25, 0.3) is 22.7 Å². The van der Waals surface area contributed by atoms with Crippen molar-refractivity contribution < 1.29 is 14.1 Å². The molecule has 32 heavy (non-hydrogen) atoms.